The SMILES string of the molecule is Cc1[nH]c(=O)c(C#N)c(C)c1CCC(=O)N1CC[C@H](C(N)=O)C1. The number of H-pyrrole nitrogens is 1. The van der Waals surface area contributed by atoms with Crippen molar-refractivity contribution in [3.05, 3.63) is 32.7 Å². The summed E-state index contributed by atoms with van der Waals surface area (Å²) in [7, 11) is 0. The molecule has 2 heterocycles. The number of amides is 2. The summed E-state index contributed by atoms with van der Waals surface area (Å²) in [6, 6.07) is 1.90. The van der Waals surface area contributed by atoms with Gasteiger partial charge in [-0.15, -0.1) is 0 Å². The lowest BCUT2D eigenvalue weighted by Crippen LogP contribution is -2.32. The number of carbonyl (C=O) groups is 2. The third-order valence-electron chi connectivity index (χ3n) is 4.45. The van der Waals surface area contributed by atoms with Crippen molar-refractivity contribution in [2.75, 3.05) is 13.1 Å². The number of aromatic amines is 1. The number of nitriles is 1. The summed E-state index contributed by atoms with van der Waals surface area (Å²) in [5.74, 6) is -0.677. The molecule has 0 bridgehead atoms. The van der Waals surface area contributed by atoms with Gasteiger partial charge in [-0.05, 0) is 37.8 Å². The maximum atomic E-state index is 12.3. The van der Waals surface area contributed by atoms with Crippen molar-refractivity contribution in [2.45, 2.75) is 33.1 Å². The third kappa shape index (κ3) is 3.42. The highest BCUT2D eigenvalue weighted by Crippen LogP contribution is 2.19. The molecule has 1 aromatic heterocycles. The number of primary amides is 1. The number of nitrogens with one attached hydrogen (secondary N) is 1. The van der Waals surface area contributed by atoms with Gasteiger partial charge in [-0.1, -0.05) is 0 Å². The Hall–Kier alpha value is -2.62. The lowest BCUT2D eigenvalue weighted by atomic mass is 9.99. The van der Waals surface area contributed by atoms with Crippen molar-refractivity contribution in [1.29, 1.82) is 5.26 Å². The molecule has 0 spiro atoms. The van der Waals surface area contributed by atoms with Gasteiger partial charge in [-0.25, -0.2) is 0 Å². The summed E-state index contributed by atoms with van der Waals surface area (Å²) in [6.45, 7) is 4.40. The zero-order valence-electron chi connectivity index (χ0n) is 13.3. The Morgan fingerprint density at radius 1 is 1.43 bits per heavy atom. The molecular weight excluding hydrogens is 296 g/mol. The first-order chi connectivity index (χ1) is 10.8. The van der Waals surface area contributed by atoms with Gasteiger partial charge in [0.05, 0.1) is 5.92 Å². The van der Waals surface area contributed by atoms with E-state index in [2.05, 4.69) is 4.98 Å². The highest BCUT2D eigenvalue weighted by molar-refractivity contribution is 5.81. The third-order valence-corrected chi connectivity index (χ3v) is 4.45. The zero-order chi connectivity index (χ0) is 17.1. The number of carbonyl (C=O) groups excluding carboxylic acids is 2. The van der Waals surface area contributed by atoms with E-state index >= 15 is 0 Å². The van der Waals surface area contributed by atoms with Gasteiger partial charge < -0.3 is 15.6 Å². The number of aryl methyl sites for hydroxylation is 1. The van der Waals surface area contributed by atoms with Crippen LogP contribution in [0.2, 0.25) is 0 Å². The van der Waals surface area contributed by atoms with E-state index in [1.165, 1.54) is 0 Å². The minimum absolute atomic E-state index is 0.0442. The second kappa shape index (κ2) is 6.65. The second-order valence-corrected chi connectivity index (χ2v) is 5.90. The van der Waals surface area contributed by atoms with Crippen LogP contribution in [0.5, 0.6) is 0 Å². The lowest BCUT2D eigenvalue weighted by molar-refractivity contribution is -0.130. The predicted octanol–water partition coefficient (Wildman–Crippen LogP) is 0.130. The molecule has 2 rings (SSSR count). The van der Waals surface area contributed by atoms with Gasteiger partial charge in [0.1, 0.15) is 11.6 Å². The maximum absolute atomic E-state index is 12.3. The number of pyridine rings is 1. The summed E-state index contributed by atoms with van der Waals surface area (Å²) >= 11 is 0. The highest BCUT2D eigenvalue weighted by Gasteiger charge is 2.29. The molecule has 0 aromatic carbocycles. The van der Waals surface area contributed by atoms with Crippen LogP contribution in [0, 0.1) is 31.1 Å². The first kappa shape index (κ1) is 16.7. The molecule has 0 radical (unpaired) electrons. The Labute approximate surface area is 134 Å². The van der Waals surface area contributed by atoms with Crippen molar-refractivity contribution in [3.8, 4) is 6.07 Å². The molecule has 1 aliphatic rings. The number of aromatic nitrogens is 1. The van der Waals surface area contributed by atoms with Gasteiger partial charge in [-0.2, -0.15) is 5.26 Å². The number of likely N-dealkylation sites (tertiary alicyclic amines) is 1. The molecule has 1 atom stereocenters. The van der Waals surface area contributed by atoms with Crippen LogP contribution in [0.1, 0.15) is 35.2 Å². The molecule has 3 N–H and O–H groups in total. The average Bonchev–Trinajstić information content (AvgIpc) is 2.97. The van der Waals surface area contributed by atoms with Crippen LogP contribution < -0.4 is 11.3 Å². The molecule has 7 heteroatoms. The second-order valence-electron chi connectivity index (χ2n) is 5.90. The van der Waals surface area contributed by atoms with E-state index in [0.29, 0.717) is 37.2 Å². The molecule has 1 aliphatic heterocycles. The van der Waals surface area contributed by atoms with Gasteiger partial charge in [0.15, 0.2) is 0 Å². The summed E-state index contributed by atoms with van der Waals surface area (Å²) < 4.78 is 0. The summed E-state index contributed by atoms with van der Waals surface area (Å²) in [6.07, 6.45) is 1.32. The smallest absolute Gasteiger partial charge is 0.266 e. The van der Waals surface area contributed by atoms with E-state index in [9.17, 15) is 14.4 Å². The fourth-order valence-corrected chi connectivity index (χ4v) is 3.03. The standard InChI is InChI=1S/C16H20N4O3/c1-9-12(10(2)19-16(23)13(9)7-17)3-4-14(21)20-6-5-11(8-20)15(18)22/h11H,3-6,8H2,1-2H3,(H2,18,22)(H,19,23)/t11-/m0/s1. The number of hydrogen-bond donors (Lipinski definition) is 2. The van der Waals surface area contributed by atoms with Crippen molar-refractivity contribution >= 4 is 11.8 Å². The van der Waals surface area contributed by atoms with Gasteiger partial charge in [-0.3, -0.25) is 14.4 Å². The van der Waals surface area contributed by atoms with E-state index in [0.717, 1.165) is 5.56 Å². The summed E-state index contributed by atoms with van der Waals surface area (Å²) in [5, 5.41) is 9.06. The molecule has 0 saturated carbocycles. The van der Waals surface area contributed by atoms with Crippen molar-refractivity contribution in [3.63, 3.8) is 0 Å². The largest absolute Gasteiger partial charge is 0.369 e. The van der Waals surface area contributed by atoms with Crippen LogP contribution >= 0.6 is 0 Å². The van der Waals surface area contributed by atoms with Crippen molar-refractivity contribution < 1.29 is 9.59 Å². The van der Waals surface area contributed by atoms with Gasteiger partial charge in [0.25, 0.3) is 5.56 Å². The molecular formula is C16H20N4O3. The van der Waals surface area contributed by atoms with Crippen molar-refractivity contribution in [2.24, 2.45) is 11.7 Å². The first-order valence-corrected chi connectivity index (χ1v) is 7.54. The summed E-state index contributed by atoms with van der Waals surface area (Å²) in [5.41, 5.74) is 7.08. The van der Waals surface area contributed by atoms with Crippen LogP contribution in [0.15, 0.2) is 4.79 Å². The number of rotatable bonds is 4. The molecule has 0 unspecified atom stereocenters. The van der Waals surface area contributed by atoms with Crippen LogP contribution in [-0.4, -0.2) is 34.8 Å². The summed E-state index contributed by atoms with van der Waals surface area (Å²) in [4.78, 5) is 39.4. The average molecular weight is 316 g/mol. The topological polar surface area (TPSA) is 120 Å². The molecule has 7 nitrogen and oxygen atoms in total. The minimum atomic E-state index is -0.401. The number of nitrogens with zero attached hydrogens (tertiary/aromatic N) is 2. The predicted molar refractivity (Wildman–Crippen MR) is 83.5 cm³/mol. The quantitative estimate of drug-likeness (QED) is 0.820. The Balaban J connectivity index is 2.07. The zero-order valence-corrected chi connectivity index (χ0v) is 13.3. The fraction of sp³-hybridized carbons (Fsp3) is 0.500. The Kier molecular flexibility index (Phi) is 4.84. The minimum Gasteiger partial charge on any atom is -0.369 e. The Bertz CT molecular complexity index is 745. The van der Waals surface area contributed by atoms with E-state index < -0.39 is 5.56 Å². The van der Waals surface area contributed by atoms with E-state index in [1.807, 2.05) is 6.07 Å². The van der Waals surface area contributed by atoms with Crippen LogP contribution in [-0.2, 0) is 16.0 Å². The molecule has 2 amide bonds. The molecule has 122 valence electrons. The van der Waals surface area contributed by atoms with Crippen LogP contribution in [0.3, 0.4) is 0 Å². The maximum Gasteiger partial charge on any atom is 0.266 e. The molecule has 1 aromatic rings. The van der Waals surface area contributed by atoms with Gasteiger partial charge in [0, 0.05) is 25.2 Å². The lowest BCUT2D eigenvalue weighted by Gasteiger charge is -2.17. The normalized spacial score (nSPS) is 17.1. The molecule has 23 heavy (non-hydrogen) atoms. The Morgan fingerprint density at radius 2 is 2.13 bits per heavy atom. The molecule has 0 aliphatic carbocycles. The molecule has 1 saturated heterocycles. The van der Waals surface area contributed by atoms with Crippen molar-refractivity contribution in [1.82, 2.24) is 9.88 Å². The Morgan fingerprint density at radius 3 is 2.70 bits per heavy atom. The first-order valence-electron chi connectivity index (χ1n) is 7.54. The van der Waals surface area contributed by atoms with E-state index in [-0.39, 0.29) is 29.7 Å². The molecule has 1 fully saturated rings. The number of nitrogens with two attached hydrogens (primary N) is 1. The fourth-order valence-electron chi connectivity index (χ4n) is 3.03. The van der Waals surface area contributed by atoms with Crippen LogP contribution in [0.4, 0.5) is 0 Å². The van der Waals surface area contributed by atoms with E-state index in [1.54, 1.807) is 18.7 Å². The van der Waals surface area contributed by atoms with E-state index in [4.69, 9.17) is 11.0 Å². The van der Waals surface area contributed by atoms with Gasteiger partial charge >= 0.3 is 0 Å². The monoisotopic (exact) mass is 316 g/mol. The number of hydrogen-bond acceptors (Lipinski definition) is 4. The highest BCUT2D eigenvalue weighted by atomic mass is 16.2. The van der Waals surface area contributed by atoms with Crippen LogP contribution in [0.25, 0.3) is 0 Å². The van der Waals surface area contributed by atoms with Gasteiger partial charge in [0.2, 0.25) is 11.8 Å².